The molecule has 4 aromatic rings. The molecular formula is C31H32N2. The summed E-state index contributed by atoms with van der Waals surface area (Å²) in [6.45, 7) is 8.81. The Kier molecular flexibility index (Phi) is 5.25. The molecule has 0 bridgehead atoms. The van der Waals surface area contributed by atoms with E-state index >= 15 is 0 Å². The Morgan fingerprint density at radius 1 is 0.576 bits per heavy atom. The van der Waals surface area contributed by atoms with Gasteiger partial charge in [0.15, 0.2) is 0 Å². The Hall–Kier alpha value is -3.52. The zero-order chi connectivity index (χ0) is 23.3. The quantitative estimate of drug-likeness (QED) is 0.302. The van der Waals surface area contributed by atoms with Crippen molar-refractivity contribution < 1.29 is 0 Å². The van der Waals surface area contributed by atoms with E-state index in [1.165, 1.54) is 72.6 Å². The fourth-order valence-corrected chi connectivity index (χ4v) is 5.93. The van der Waals surface area contributed by atoms with Crippen LogP contribution in [0.1, 0.15) is 44.9 Å². The van der Waals surface area contributed by atoms with Crippen LogP contribution < -0.4 is 10.6 Å². The first kappa shape index (κ1) is 21.3. The number of benzene rings is 4. The molecule has 0 amide bonds. The van der Waals surface area contributed by atoms with E-state index < -0.39 is 0 Å². The van der Waals surface area contributed by atoms with E-state index in [1.807, 2.05) is 14.1 Å². The van der Waals surface area contributed by atoms with Gasteiger partial charge in [0.1, 0.15) is 0 Å². The van der Waals surface area contributed by atoms with Gasteiger partial charge in [-0.25, -0.2) is 0 Å². The summed E-state index contributed by atoms with van der Waals surface area (Å²) < 4.78 is 0. The van der Waals surface area contributed by atoms with Gasteiger partial charge in [-0.05, 0) is 101 Å². The van der Waals surface area contributed by atoms with Gasteiger partial charge in [0.25, 0.3) is 0 Å². The summed E-state index contributed by atoms with van der Waals surface area (Å²) in [5, 5.41) is 6.73. The van der Waals surface area contributed by atoms with Crippen LogP contribution in [0.25, 0.3) is 22.3 Å². The van der Waals surface area contributed by atoms with Crippen LogP contribution in [0.15, 0.2) is 66.7 Å². The van der Waals surface area contributed by atoms with Crippen molar-refractivity contribution in [2.45, 2.75) is 33.6 Å². The second-order valence-corrected chi connectivity index (χ2v) is 9.30. The highest BCUT2D eigenvalue weighted by atomic mass is 14.8. The van der Waals surface area contributed by atoms with Crippen molar-refractivity contribution in [1.82, 2.24) is 0 Å². The van der Waals surface area contributed by atoms with E-state index in [0.717, 1.165) is 0 Å². The summed E-state index contributed by atoms with van der Waals surface area (Å²) in [5.74, 6) is 0.222. The molecule has 2 heteroatoms. The first-order valence-electron chi connectivity index (χ1n) is 11.7. The fraction of sp³-hybridized carbons (Fsp3) is 0.226. The zero-order valence-corrected chi connectivity index (χ0v) is 20.4. The van der Waals surface area contributed by atoms with Crippen LogP contribution in [0.3, 0.4) is 0 Å². The third-order valence-corrected chi connectivity index (χ3v) is 7.19. The van der Waals surface area contributed by atoms with Gasteiger partial charge < -0.3 is 10.6 Å². The van der Waals surface area contributed by atoms with Gasteiger partial charge in [0, 0.05) is 31.4 Å². The lowest BCUT2D eigenvalue weighted by molar-refractivity contribution is 1.01. The van der Waals surface area contributed by atoms with E-state index in [9.17, 15) is 0 Å². The van der Waals surface area contributed by atoms with Crippen molar-refractivity contribution in [2.24, 2.45) is 0 Å². The molecule has 0 aliphatic heterocycles. The first-order chi connectivity index (χ1) is 15.9. The summed E-state index contributed by atoms with van der Waals surface area (Å²) in [5.41, 5.74) is 17.1. The number of nitrogens with one attached hydrogen (secondary N) is 2. The predicted molar refractivity (Wildman–Crippen MR) is 143 cm³/mol. The van der Waals surface area contributed by atoms with Gasteiger partial charge in [-0.1, -0.05) is 54.6 Å². The minimum Gasteiger partial charge on any atom is -0.388 e. The lowest BCUT2D eigenvalue weighted by Gasteiger charge is -2.22. The van der Waals surface area contributed by atoms with Gasteiger partial charge in [-0.3, -0.25) is 0 Å². The molecule has 0 spiro atoms. The lowest BCUT2D eigenvalue weighted by Crippen LogP contribution is -2.05. The zero-order valence-electron chi connectivity index (χ0n) is 20.4. The van der Waals surface area contributed by atoms with Crippen LogP contribution >= 0.6 is 0 Å². The van der Waals surface area contributed by atoms with E-state index in [1.54, 1.807) is 0 Å². The third-order valence-electron chi connectivity index (χ3n) is 7.19. The molecule has 1 atom stereocenters. The van der Waals surface area contributed by atoms with Gasteiger partial charge in [0.05, 0.1) is 0 Å². The Morgan fingerprint density at radius 3 is 1.70 bits per heavy atom. The molecule has 1 aliphatic carbocycles. The van der Waals surface area contributed by atoms with Crippen molar-refractivity contribution in [1.29, 1.82) is 0 Å². The number of anilines is 2. The normalized spacial score (nSPS) is 14.1. The lowest BCUT2D eigenvalue weighted by atomic mass is 9.83. The van der Waals surface area contributed by atoms with E-state index in [-0.39, 0.29) is 5.92 Å². The van der Waals surface area contributed by atoms with Gasteiger partial charge in [0.2, 0.25) is 0 Å². The average Bonchev–Trinajstić information content (AvgIpc) is 3.13. The summed E-state index contributed by atoms with van der Waals surface area (Å²) >= 11 is 0. The Labute approximate surface area is 197 Å². The van der Waals surface area contributed by atoms with Gasteiger partial charge in [-0.15, -0.1) is 0 Å². The van der Waals surface area contributed by atoms with Crippen LogP contribution in [0, 0.1) is 27.7 Å². The van der Waals surface area contributed by atoms with Crippen molar-refractivity contribution in [2.75, 3.05) is 24.7 Å². The fourth-order valence-electron chi connectivity index (χ4n) is 5.93. The number of aryl methyl sites for hydroxylation is 4. The SMILES string of the molecule is CNc1c(C)cc(-c2cccc3c2[C@@H](c2cc(C)c(NC)c(C)c2)c2ccccc2-3)cc1C. The van der Waals surface area contributed by atoms with Crippen LogP contribution in [0.4, 0.5) is 11.4 Å². The maximum atomic E-state index is 3.37. The summed E-state index contributed by atoms with van der Waals surface area (Å²) in [6.07, 6.45) is 0. The molecule has 0 heterocycles. The number of rotatable bonds is 4. The topological polar surface area (TPSA) is 24.1 Å². The van der Waals surface area contributed by atoms with Crippen molar-refractivity contribution in [3.8, 4) is 22.3 Å². The number of hydrogen-bond donors (Lipinski definition) is 2. The molecule has 0 fully saturated rings. The molecule has 166 valence electrons. The van der Waals surface area contributed by atoms with Gasteiger partial charge in [-0.2, -0.15) is 0 Å². The smallest absolute Gasteiger partial charge is 0.0397 e. The monoisotopic (exact) mass is 432 g/mol. The van der Waals surface area contributed by atoms with Crippen LogP contribution in [-0.4, -0.2) is 14.1 Å². The second-order valence-electron chi connectivity index (χ2n) is 9.30. The molecule has 0 unspecified atom stereocenters. The molecule has 4 aromatic carbocycles. The summed E-state index contributed by atoms with van der Waals surface area (Å²) in [7, 11) is 4.01. The summed E-state index contributed by atoms with van der Waals surface area (Å²) in [4.78, 5) is 0. The maximum Gasteiger partial charge on any atom is 0.0397 e. The maximum absolute atomic E-state index is 3.37. The van der Waals surface area contributed by atoms with Gasteiger partial charge >= 0.3 is 0 Å². The number of hydrogen-bond acceptors (Lipinski definition) is 2. The highest BCUT2D eigenvalue weighted by Crippen LogP contribution is 2.52. The predicted octanol–water partition coefficient (Wildman–Crippen LogP) is 7.83. The minimum atomic E-state index is 0.222. The highest BCUT2D eigenvalue weighted by molar-refractivity contribution is 5.89. The van der Waals surface area contributed by atoms with Crippen molar-refractivity contribution >= 4 is 11.4 Å². The van der Waals surface area contributed by atoms with E-state index in [2.05, 4.69) is 105 Å². The Bertz CT molecular complexity index is 1330. The molecular weight excluding hydrogens is 400 g/mol. The summed E-state index contributed by atoms with van der Waals surface area (Å²) in [6, 6.07) is 25.1. The van der Waals surface area contributed by atoms with Crippen molar-refractivity contribution in [3.05, 3.63) is 106 Å². The molecule has 1 aliphatic rings. The Balaban J connectivity index is 1.79. The Morgan fingerprint density at radius 2 is 1.09 bits per heavy atom. The van der Waals surface area contributed by atoms with E-state index in [0.29, 0.717) is 0 Å². The van der Waals surface area contributed by atoms with Crippen LogP contribution in [-0.2, 0) is 0 Å². The second kappa shape index (κ2) is 8.12. The molecule has 0 aromatic heterocycles. The molecule has 0 radical (unpaired) electrons. The largest absolute Gasteiger partial charge is 0.388 e. The molecule has 2 N–H and O–H groups in total. The standard InChI is InChI=1S/C31H32N2/c1-18-14-22(15-19(2)30(18)32-5)24-12-9-13-27-25-10-7-8-11-26(25)28(29(24)27)23-16-20(3)31(33-6)21(4)17-23/h7-17,28,32-33H,1-6H3/t28-/m0/s1. The molecule has 33 heavy (non-hydrogen) atoms. The molecule has 5 rings (SSSR count). The molecule has 0 saturated carbocycles. The average molecular weight is 433 g/mol. The minimum absolute atomic E-state index is 0.222. The van der Waals surface area contributed by atoms with Crippen molar-refractivity contribution in [3.63, 3.8) is 0 Å². The van der Waals surface area contributed by atoms with E-state index in [4.69, 9.17) is 0 Å². The first-order valence-corrected chi connectivity index (χ1v) is 11.7. The van der Waals surface area contributed by atoms with Crippen LogP contribution in [0.2, 0.25) is 0 Å². The third kappa shape index (κ3) is 3.33. The highest BCUT2D eigenvalue weighted by Gasteiger charge is 2.32. The molecule has 0 saturated heterocycles. The van der Waals surface area contributed by atoms with Crippen LogP contribution in [0.5, 0.6) is 0 Å². The number of fused-ring (bicyclic) bond motifs is 3. The molecule has 2 nitrogen and oxygen atoms in total.